The highest BCUT2D eigenvalue weighted by Gasteiger charge is 2.10. The van der Waals surface area contributed by atoms with Gasteiger partial charge in [0.05, 0.1) is 5.69 Å². The molecule has 0 spiro atoms. The third-order valence-corrected chi connectivity index (χ3v) is 3.40. The molecular weight excluding hydrogens is 250 g/mol. The maximum atomic E-state index is 11.8. The van der Waals surface area contributed by atoms with Gasteiger partial charge in [0.2, 0.25) is 11.0 Å². The SMILES string of the molecule is CCc1nnc(NC(=O)Cn2nc(C)cc2C)s1. The van der Waals surface area contributed by atoms with E-state index in [9.17, 15) is 4.79 Å². The maximum absolute atomic E-state index is 11.8. The highest BCUT2D eigenvalue weighted by molar-refractivity contribution is 7.15. The van der Waals surface area contributed by atoms with Gasteiger partial charge in [-0.3, -0.25) is 14.8 Å². The van der Waals surface area contributed by atoms with Crippen molar-refractivity contribution in [2.45, 2.75) is 33.7 Å². The van der Waals surface area contributed by atoms with Crippen molar-refractivity contribution >= 4 is 22.4 Å². The van der Waals surface area contributed by atoms with E-state index in [0.29, 0.717) is 5.13 Å². The van der Waals surface area contributed by atoms with E-state index in [1.807, 2.05) is 26.8 Å². The van der Waals surface area contributed by atoms with E-state index in [0.717, 1.165) is 22.8 Å². The van der Waals surface area contributed by atoms with Gasteiger partial charge < -0.3 is 0 Å². The Labute approximate surface area is 109 Å². The fourth-order valence-electron chi connectivity index (χ4n) is 1.58. The van der Waals surface area contributed by atoms with Gasteiger partial charge in [-0.15, -0.1) is 10.2 Å². The van der Waals surface area contributed by atoms with Crippen LogP contribution in [0.5, 0.6) is 0 Å². The lowest BCUT2D eigenvalue weighted by Crippen LogP contribution is -2.20. The van der Waals surface area contributed by atoms with E-state index in [-0.39, 0.29) is 12.5 Å². The second-order valence-electron chi connectivity index (χ2n) is 3.99. The average molecular weight is 265 g/mol. The van der Waals surface area contributed by atoms with Crippen molar-refractivity contribution < 1.29 is 4.79 Å². The summed E-state index contributed by atoms with van der Waals surface area (Å²) in [5.41, 5.74) is 1.87. The lowest BCUT2D eigenvalue weighted by molar-refractivity contribution is -0.116. The zero-order chi connectivity index (χ0) is 13.1. The van der Waals surface area contributed by atoms with Gasteiger partial charge in [-0.25, -0.2) is 0 Å². The normalized spacial score (nSPS) is 10.6. The van der Waals surface area contributed by atoms with Crippen molar-refractivity contribution in [2.75, 3.05) is 5.32 Å². The minimum Gasteiger partial charge on any atom is -0.299 e. The Bertz CT molecular complexity index is 560. The summed E-state index contributed by atoms with van der Waals surface area (Å²) in [5.74, 6) is -0.139. The largest absolute Gasteiger partial charge is 0.299 e. The fraction of sp³-hybridized carbons (Fsp3) is 0.455. The molecule has 0 aliphatic rings. The average Bonchev–Trinajstić information content (AvgIpc) is 2.86. The summed E-state index contributed by atoms with van der Waals surface area (Å²) >= 11 is 1.40. The van der Waals surface area contributed by atoms with Crippen LogP contribution in [0.3, 0.4) is 0 Å². The van der Waals surface area contributed by atoms with E-state index in [1.165, 1.54) is 11.3 Å². The topological polar surface area (TPSA) is 72.7 Å². The van der Waals surface area contributed by atoms with Crippen LogP contribution in [-0.2, 0) is 17.8 Å². The van der Waals surface area contributed by atoms with Crippen LogP contribution in [0.15, 0.2) is 6.07 Å². The number of nitrogens with zero attached hydrogens (tertiary/aromatic N) is 4. The van der Waals surface area contributed by atoms with Gasteiger partial charge >= 0.3 is 0 Å². The third kappa shape index (κ3) is 2.92. The molecule has 0 aromatic carbocycles. The standard InChI is InChI=1S/C11H15N5OS/c1-4-10-13-14-11(18-10)12-9(17)6-16-8(3)5-7(2)15-16/h5H,4,6H2,1-3H3,(H,12,14,17). The highest BCUT2D eigenvalue weighted by Crippen LogP contribution is 2.15. The molecule has 0 saturated heterocycles. The first-order valence-corrected chi connectivity index (χ1v) is 6.53. The second kappa shape index (κ2) is 5.26. The van der Waals surface area contributed by atoms with Crippen LogP contribution in [0.25, 0.3) is 0 Å². The number of hydrogen-bond acceptors (Lipinski definition) is 5. The molecule has 6 nitrogen and oxygen atoms in total. The fourth-order valence-corrected chi connectivity index (χ4v) is 2.27. The minimum absolute atomic E-state index is 0.139. The van der Waals surface area contributed by atoms with Gasteiger partial charge in [-0.2, -0.15) is 5.10 Å². The summed E-state index contributed by atoms with van der Waals surface area (Å²) in [7, 11) is 0. The molecule has 0 aliphatic carbocycles. The minimum atomic E-state index is -0.139. The number of amides is 1. The predicted octanol–water partition coefficient (Wildman–Crippen LogP) is 1.55. The Morgan fingerprint density at radius 2 is 2.22 bits per heavy atom. The van der Waals surface area contributed by atoms with Gasteiger partial charge in [-0.05, 0) is 26.3 Å². The van der Waals surface area contributed by atoms with E-state index in [2.05, 4.69) is 20.6 Å². The van der Waals surface area contributed by atoms with Gasteiger partial charge in [0, 0.05) is 5.69 Å². The molecule has 2 rings (SSSR count). The molecule has 0 radical (unpaired) electrons. The van der Waals surface area contributed by atoms with Crippen LogP contribution < -0.4 is 5.32 Å². The van der Waals surface area contributed by atoms with Crippen molar-refractivity contribution in [3.63, 3.8) is 0 Å². The predicted molar refractivity (Wildman–Crippen MR) is 69.6 cm³/mol. The Kier molecular flexibility index (Phi) is 3.71. The van der Waals surface area contributed by atoms with E-state index < -0.39 is 0 Å². The first-order chi connectivity index (χ1) is 8.58. The molecule has 2 aromatic rings. The molecule has 0 aliphatic heterocycles. The Morgan fingerprint density at radius 1 is 1.44 bits per heavy atom. The van der Waals surface area contributed by atoms with E-state index in [4.69, 9.17) is 0 Å². The van der Waals surface area contributed by atoms with E-state index >= 15 is 0 Å². The molecule has 0 fully saturated rings. The van der Waals surface area contributed by atoms with Crippen molar-refractivity contribution in [1.29, 1.82) is 0 Å². The number of rotatable bonds is 4. The molecule has 0 bridgehead atoms. The van der Waals surface area contributed by atoms with Crippen LogP contribution in [0, 0.1) is 13.8 Å². The Balaban J connectivity index is 1.98. The van der Waals surface area contributed by atoms with Gasteiger partial charge in [0.1, 0.15) is 11.6 Å². The number of anilines is 1. The number of nitrogens with one attached hydrogen (secondary N) is 1. The van der Waals surface area contributed by atoms with Gasteiger partial charge in [0.15, 0.2) is 0 Å². The Hall–Kier alpha value is -1.76. The number of carbonyl (C=O) groups is 1. The molecule has 2 heterocycles. The molecular formula is C11H15N5OS. The van der Waals surface area contributed by atoms with Gasteiger partial charge in [-0.1, -0.05) is 18.3 Å². The van der Waals surface area contributed by atoms with Crippen LogP contribution in [-0.4, -0.2) is 25.9 Å². The molecule has 0 atom stereocenters. The van der Waals surface area contributed by atoms with Crippen LogP contribution in [0.1, 0.15) is 23.3 Å². The molecule has 18 heavy (non-hydrogen) atoms. The quantitative estimate of drug-likeness (QED) is 0.910. The molecule has 1 amide bonds. The lowest BCUT2D eigenvalue weighted by atomic mass is 10.4. The zero-order valence-electron chi connectivity index (χ0n) is 10.6. The van der Waals surface area contributed by atoms with Crippen LogP contribution in [0.2, 0.25) is 0 Å². The second-order valence-corrected chi connectivity index (χ2v) is 5.05. The molecule has 0 unspecified atom stereocenters. The number of carbonyl (C=O) groups excluding carboxylic acids is 1. The van der Waals surface area contributed by atoms with Crippen molar-refractivity contribution in [2.24, 2.45) is 0 Å². The third-order valence-electron chi connectivity index (χ3n) is 2.41. The first-order valence-electron chi connectivity index (χ1n) is 5.71. The Morgan fingerprint density at radius 3 is 2.78 bits per heavy atom. The van der Waals surface area contributed by atoms with Crippen LogP contribution in [0.4, 0.5) is 5.13 Å². The van der Waals surface area contributed by atoms with Crippen molar-refractivity contribution in [3.8, 4) is 0 Å². The summed E-state index contributed by atoms with van der Waals surface area (Å²) < 4.78 is 1.67. The van der Waals surface area contributed by atoms with Gasteiger partial charge in [0.25, 0.3) is 0 Å². The summed E-state index contributed by atoms with van der Waals surface area (Å²) in [6, 6.07) is 1.94. The number of aryl methyl sites for hydroxylation is 3. The number of aromatic nitrogens is 4. The summed E-state index contributed by atoms with van der Waals surface area (Å²) in [6.45, 7) is 6.02. The molecule has 0 saturated carbocycles. The summed E-state index contributed by atoms with van der Waals surface area (Å²) in [5, 5.41) is 16.3. The molecule has 96 valence electrons. The van der Waals surface area contributed by atoms with Crippen molar-refractivity contribution in [3.05, 3.63) is 22.5 Å². The van der Waals surface area contributed by atoms with Crippen LogP contribution >= 0.6 is 11.3 Å². The molecule has 7 heteroatoms. The zero-order valence-corrected chi connectivity index (χ0v) is 11.4. The molecule has 1 N–H and O–H groups in total. The summed E-state index contributed by atoms with van der Waals surface area (Å²) in [6.07, 6.45) is 0.824. The molecule has 2 aromatic heterocycles. The summed E-state index contributed by atoms with van der Waals surface area (Å²) in [4.78, 5) is 11.8. The van der Waals surface area contributed by atoms with E-state index in [1.54, 1.807) is 4.68 Å². The highest BCUT2D eigenvalue weighted by atomic mass is 32.1. The first kappa shape index (κ1) is 12.7. The maximum Gasteiger partial charge on any atom is 0.247 e. The smallest absolute Gasteiger partial charge is 0.247 e. The van der Waals surface area contributed by atoms with Crippen molar-refractivity contribution in [1.82, 2.24) is 20.0 Å². The lowest BCUT2D eigenvalue weighted by Gasteiger charge is -2.03. The monoisotopic (exact) mass is 265 g/mol. The number of hydrogen-bond donors (Lipinski definition) is 1.